The molecule has 0 spiro atoms. The van der Waals surface area contributed by atoms with Crippen LogP contribution in [0.15, 0.2) is 67.4 Å². The summed E-state index contributed by atoms with van der Waals surface area (Å²) in [5.41, 5.74) is 3.74. The Bertz CT molecular complexity index is 1490. The van der Waals surface area contributed by atoms with Gasteiger partial charge >= 0.3 is 6.03 Å². The molecule has 6 rings (SSSR count). The van der Waals surface area contributed by atoms with E-state index in [1.807, 2.05) is 47.4 Å². The molecular weight excluding hydrogens is 544 g/mol. The van der Waals surface area contributed by atoms with Crippen LogP contribution in [0, 0.1) is 0 Å². The second-order valence-corrected chi connectivity index (χ2v) is 11.3. The van der Waals surface area contributed by atoms with Gasteiger partial charge in [0.25, 0.3) is 0 Å². The molecule has 3 amide bonds. The van der Waals surface area contributed by atoms with E-state index < -0.39 is 0 Å². The van der Waals surface area contributed by atoms with Crippen molar-refractivity contribution in [3.05, 3.63) is 78.5 Å². The molecule has 4 heterocycles. The largest absolute Gasteiger partial charge is 0.494 e. The number of piperazine rings is 1. The molecule has 11 nitrogen and oxygen atoms in total. The van der Waals surface area contributed by atoms with E-state index >= 15 is 0 Å². The Labute approximate surface area is 252 Å². The quantitative estimate of drug-likeness (QED) is 0.402. The van der Waals surface area contributed by atoms with Crippen molar-refractivity contribution in [2.24, 2.45) is 0 Å². The second kappa shape index (κ2) is 12.3. The summed E-state index contributed by atoms with van der Waals surface area (Å²) in [5, 5.41) is 3.32. The number of benzene rings is 2. The van der Waals surface area contributed by atoms with Gasteiger partial charge in [0.15, 0.2) is 0 Å². The number of nitrogens with zero attached hydrogens (tertiary/aromatic N) is 7. The van der Waals surface area contributed by atoms with Gasteiger partial charge in [-0.1, -0.05) is 36.9 Å². The lowest BCUT2D eigenvalue weighted by molar-refractivity contribution is -0.125. The molecule has 1 N–H and O–H groups in total. The van der Waals surface area contributed by atoms with Gasteiger partial charge in [0.05, 0.1) is 25.4 Å². The number of aromatic nitrogens is 2. The number of anilines is 4. The molecule has 2 saturated heterocycles. The molecule has 1 aromatic heterocycles. The molecule has 2 aromatic carbocycles. The van der Waals surface area contributed by atoms with Crippen LogP contribution in [0.25, 0.3) is 0 Å². The third-order valence-corrected chi connectivity index (χ3v) is 8.44. The molecule has 3 aliphatic heterocycles. The Morgan fingerprint density at radius 2 is 1.91 bits per heavy atom. The van der Waals surface area contributed by atoms with Gasteiger partial charge in [0.2, 0.25) is 11.9 Å². The Hall–Kier alpha value is -4.64. The van der Waals surface area contributed by atoms with Crippen LogP contribution in [-0.2, 0) is 17.9 Å². The topological polar surface area (TPSA) is 97.4 Å². The zero-order valence-electron chi connectivity index (χ0n) is 24.8. The highest BCUT2D eigenvalue weighted by Gasteiger charge is 2.40. The maximum atomic E-state index is 14.0. The molecule has 0 unspecified atom stereocenters. The molecule has 1 atom stereocenters. The molecule has 3 aromatic rings. The summed E-state index contributed by atoms with van der Waals surface area (Å²) in [6.07, 6.45) is 3.76. The first-order valence-electron chi connectivity index (χ1n) is 14.7. The van der Waals surface area contributed by atoms with Crippen LogP contribution in [0.3, 0.4) is 0 Å². The predicted octanol–water partition coefficient (Wildman–Crippen LogP) is 3.71. The number of likely N-dealkylation sites (tertiary alicyclic amines) is 1. The second-order valence-electron chi connectivity index (χ2n) is 11.3. The van der Waals surface area contributed by atoms with Crippen molar-refractivity contribution in [3.8, 4) is 5.75 Å². The van der Waals surface area contributed by atoms with Crippen molar-refractivity contribution in [1.82, 2.24) is 24.7 Å². The lowest BCUT2D eigenvalue weighted by atomic mass is 10.1. The molecule has 3 aliphatic rings. The number of nitrogens with one attached hydrogen (secondary N) is 1. The minimum Gasteiger partial charge on any atom is -0.494 e. The van der Waals surface area contributed by atoms with Gasteiger partial charge < -0.3 is 29.7 Å². The fourth-order valence-electron chi connectivity index (χ4n) is 6.00. The van der Waals surface area contributed by atoms with Gasteiger partial charge in [-0.05, 0) is 37.2 Å². The van der Waals surface area contributed by atoms with Crippen LogP contribution in [0.5, 0.6) is 5.75 Å². The average molecular weight is 583 g/mol. The molecule has 224 valence electrons. The molecule has 0 saturated carbocycles. The van der Waals surface area contributed by atoms with Gasteiger partial charge in [-0.2, -0.15) is 4.98 Å². The normalized spacial score (nSPS) is 18.9. The van der Waals surface area contributed by atoms with E-state index in [-0.39, 0.29) is 18.0 Å². The molecule has 0 radical (unpaired) electrons. The molecule has 2 fully saturated rings. The van der Waals surface area contributed by atoms with Crippen molar-refractivity contribution in [1.29, 1.82) is 0 Å². The number of methoxy groups -OCH3 is 1. The SMILES string of the molecule is C=CC(=O)N1CC[C@H](N2C(=O)N(Cc3ccccc3)Cc3cnc(Nc4ccc(N5CCN(C)CC5)cc4OC)nc32)C1. The van der Waals surface area contributed by atoms with E-state index in [1.165, 1.54) is 6.08 Å². The first-order chi connectivity index (χ1) is 20.9. The number of rotatable bonds is 8. The third kappa shape index (κ3) is 5.98. The Balaban J connectivity index is 1.28. The maximum absolute atomic E-state index is 14.0. The molecular formula is C32H38N8O3. The first kappa shape index (κ1) is 28.5. The number of ether oxygens (including phenoxy) is 1. The van der Waals surface area contributed by atoms with Crippen molar-refractivity contribution in [2.75, 3.05) is 68.5 Å². The van der Waals surface area contributed by atoms with Crippen molar-refractivity contribution >= 4 is 35.1 Å². The fourth-order valence-corrected chi connectivity index (χ4v) is 6.00. The fraction of sp³-hybridized carbons (Fsp3) is 0.375. The Kier molecular flexibility index (Phi) is 8.15. The van der Waals surface area contributed by atoms with Crippen molar-refractivity contribution < 1.29 is 14.3 Å². The third-order valence-electron chi connectivity index (χ3n) is 8.44. The van der Waals surface area contributed by atoms with Crippen molar-refractivity contribution in [3.63, 3.8) is 0 Å². The predicted molar refractivity (Wildman–Crippen MR) is 167 cm³/mol. The van der Waals surface area contributed by atoms with Crippen LogP contribution in [-0.4, -0.2) is 96.1 Å². The monoisotopic (exact) mass is 582 g/mol. The van der Waals surface area contributed by atoms with Gasteiger partial charge in [-0.3, -0.25) is 9.69 Å². The summed E-state index contributed by atoms with van der Waals surface area (Å²) in [5.74, 6) is 1.49. The van der Waals surface area contributed by atoms with Crippen LogP contribution in [0.4, 0.5) is 27.9 Å². The summed E-state index contributed by atoms with van der Waals surface area (Å²) in [6.45, 7) is 9.42. The van der Waals surface area contributed by atoms with E-state index in [0.29, 0.717) is 50.1 Å². The number of hydrogen-bond acceptors (Lipinski definition) is 8. The number of carbonyl (C=O) groups excluding carboxylic acids is 2. The number of likely N-dealkylation sites (N-methyl/N-ethyl adjacent to an activating group) is 1. The highest BCUT2D eigenvalue weighted by atomic mass is 16.5. The van der Waals surface area contributed by atoms with Crippen LogP contribution < -0.4 is 19.9 Å². The summed E-state index contributed by atoms with van der Waals surface area (Å²) in [4.78, 5) is 45.9. The molecule has 43 heavy (non-hydrogen) atoms. The number of carbonyl (C=O) groups is 2. The first-order valence-corrected chi connectivity index (χ1v) is 14.7. The minimum atomic E-state index is -0.214. The lowest BCUT2D eigenvalue weighted by Gasteiger charge is -2.39. The smallest absolute Gasteiger partial charge is 0.326 e. The van der Waals surface area contributed by atoms with Crippen LogP contribution in [0.1, 0.15) is 17.5 Å². The van der Waals surface area contributed by atoms with E-state index in [4.69, 9.17) is 9.72 Å². The standard InChI is InChI=1S/C32H38N8O3/c1-4-29(41)38-13-12-26(22-38)40-30-24(21-39(32(40)42)20-23-8-6-5-7-9-23)19-33-31(35-30)34-27-11-10-25(18-28(27)43-3)37-16-14-36(2)15-17-37/h4-11,18-19,26H,1,12-17,20-22H2,2-3H3,(H,33,34,35)/t26-/m0/s1. The molecule has 0 aliphatic carbocycles. The molecule has 0 bridgehead atoms. The Morgan fingerprint density at radius 3 is 2.65 bits per heavy atom. The zero-order valence-corrected chi connectivity index (χ0v) is 24.8. The highest BCUT2D eigenvalue weighted by molar-refractivity contribution is 5.95. The van der Waals surface area contributed by atoms with Crippen LogP contribution >= 0.6 is 0 Å². The number of amides is 3. The summed E-state index contributed by atoms with van der Waals surface area (Å²) >= 11 is 0. The van der Waals surface area contributed by atoms with E-state index in [2.05, 4.69) is 39.8 Å². The van der Waals surface area contributed by atoms with Gasteiger partial charge in [0, 0.05) is 69.3 Å². The summed E-state index contributed by atoms with van der Waals surface area (Å²) in [6, 6.07) is 15.7. The summed E-state index contributed by atoms with van der Waals surface area (Å²) in [7, 11) is 3.79. The van der Waals surface area contributed by atoms with Crippen molar-refractivity contribution in [2.45, 2.75) is 25.6 Å². The summed E-state index contributed by atoms with van der Waals surface area (Å²) < 4.78 is 5.75. The zero-order chi connectivity index (χ0) is 29.9. The van der Waals surface area contributed by atoms with E-state index in [0.717, 1.165) is 48.7 Å². The van der Waals surface area contributed by atoms with Gasteiger partial charge in [-0.25, -0.2) is 9.78 Å². The number of hydrogen-bond donors (Lipinski definition) is 1. The average Bonchev–Trinajstić information content (AvgIpc) is 3.52. The van der Waals surface area contributed by atoms with E-state index in [1.54, 1.807) is 23.1 Å². The Morgan fingerprint density at radius 1 is 1.12 bits per heavy atom. The van der Waals surface area contributed by atoms with Gasteiger partial charge in [0.1, 0.15) is 11.6 Å². The minimum absolute atomic E-state index is 0.131. The lowest BCUT2D eigenvalue weighted by Crippen LogP contribution is -2.52. The highest BCUT2D eigenvalue weighted by Crippen LogP contribution is 2.35. The van der Waals surface area contributed by atoms with E-state index in [9.17, 15) is 9.59 Å². The number of fused-ring (bicyclic) bond motifs is 1. The van der Waals surface area contributed by atoms with Gasteiger partial charge in [-0.15, -0.1) is 0 Å². The number of urea groups is 1. The van der Waals surface area contributed by atoms with Crippen LogP contribution in [0.2, 0.25) is 0 Å². The molecule has 11 heteroatoms. The maximum Gasteiger partial charge on any atom is 0.326 e.